The predicted molar refractivity (Wildman–Crippen MR) is 125 cm³/mol. The van der Waals surface area contributed by atoms with Crippen molar-refractivity contribution in [1.29, 1.82) is 0 Å². The Bertz CT molecular complexity index is 1280. The second-order valence-corrected chi connectivity index (χ2v) is 8.73. The summed E-state index contributed by atoms with van der Waals surface area (Å²) in [5.41, 5.74) is 4.67. The number of aromatic nitrogens is 2. The maximum Gasteiger partial charge on any atom is 0.328 e. The van der Waals surface area contributed by atoms with E-state index in [4.69, 9.17) is 10.5 Å². The van der Waals surface area contributed by atoms with Crippen molar-refractivity contribution in [3.63, 3.8) is 0 Å². The topological polar surface area (TPSA) is 107 Å². The molecule has 7 nitrogen and oxygen atoms in total. The highest BCUT2D eigenvalue weighted by Gasteiger charge is 2.31. The Morgan fingerprint density at radius 1 is 1.15 bits per heavy atom. The van der Waals surface area contributed by atoms with E-state index in [2.05, 4.69) is 4.98 Å². The molecule has 3 aromatic rings. The fourth-order valence-electron chi connectivity index (χ4n) is 3.97. The molecule has 0 bridgehead atoms. The molecule has 0 aliphatic rings. The molecule has 1 heterocycles. The van der Waals surface area contributed by atoms with Gasteiger partial charge in [0.1, 0.15) is 0 Å². The van der Waals surface area contributed by atoms with Crippen LogP contribution in [0.2, 0.25) is 0 Å². The van der Waals surface area contributed by atoms with Crippen molar-refractivity contribution in [1.82, 2.24) is 9.55 Å². The van der Waals surface area contributed by atoms with Crippen LogP contribution in [0.4, 0.5) is 4.39 Å². The molecule has 0 aliphatic carbocycles. The van der Waals surface area contributed by atoms with Gasteiger partial charge in [-0.2, -0.15) is 0 Å². The van der Waals surface area contributed by atoms with Crippen LogP contribution in [-0.4, -0.2) is 22.6 Å². The van der Waals surface area contributed by atoms with Gasteiger partial charge in [-0.3, -0.25) is 14.2 Å². The summed E-state index contributed by atoms with van der Waals surface area (Å²) < 4.78 is 21.1. The Hall–Kier alpha value is -3.68. The molecule has 1 aromatic heterocycles. The second kappa shape index (κ2) is 9.44. The lowest BCUT2D eigenvalue weighted by atomic mass is 9.79. The SMILES string of the molecule is COc1cccc(-c2c(C)[nH]c(=O)n(C[C@H](CC(C)(C)C(N)=O)c3ccccc3)c2=O)c1F. The van der Waals surface area contributed by atoms with E-state index in [1.165, 1.54) is 19.2 Å². The van der Waals surface area contributed by atoms with Crippen molar-refractivity contribution in [2.45, 2.75) is 39.7 Å². The Balaban J connectivity index is 2.15. The number of hydrogen-bond donors (Lipinski definition) is 2. The van der Waals surface area contributed by atoms with Crippen molar-refractivity contribution in [2.24, 2.45) is 11.1 Å². The first-order valence-electron chi connectivity index (χ1n) is 10.6. The van der Waals surface area contributed by atoms with E-state index in [1.807, 2.05) is 30.3 Å². The van der Waals surface area contributed by atoms with Gasteiger partial charge < -0.3 is 15.5 Å². The Labute approximate surface area is 191 Å². The number of aryl methyl sites for hydroxylation is 1. The number of methoxy groups -OCH3 is 1. The van der Waals surface area contributed by atoms with Crippen LogP contribution in [0.25, 0.3) is 11.1 Å². The molecule has 0 saturated heterocycles. The van der Waals surface area contributed by atoms with Crippen molar-refractivity contribution >= 4 is 5.91 Å². The molecule has 3 rings (SSSR count). The van der Waals surface area contributed by atoms with E-state index < -0.39 is 28.4 Å². The lowest BCUT2D eigenvalue weighted by Crippen LogP contribution is -2.40. The normalized spacial score (nSPS) is 12.4. The van der Waals surface area contributed by atoms with Gasteiger partial charge >= 0.3 is 5.69 Å². The number of rotatable bonds is 8. The quantitative estimate of drug-likeness (QED) is 0.545. The molecule has 0 unspecified atom stereocenters. The van der Waals surface area contributed by atoms with Crippen molar-refractivity contribution in [3.05, 3.63) is 86.4 Å². The Morgan fingerprint density at radius 3 is 2.42 bits per heavy atom. The van der Waals surface area contributed by atoms with Crippen LogP contribution >= 0.6 is 0 Å². The van der Waals surface area contributed by atoms with E-state index >= 15 is 0 Å². The number of nitrogens with zero attached hydrogens (tertiary/aromatic N) is 1. The third-order valence-corrected chi connectivity index (χ3v) is 5.92. The van der Waals surface area contributed by atoms with Gasteiger partial charge in [-0.15, -0.1) is 0 Å². The summed E-state index contributed by atoms with van der Waals surface area (Å²) >= 11 is 0. The van der Waals surface area contributed by atoms with Crippen molar-refractivity contribution in [3.8, 4) is 16.9 Å². The van der Waals surface area contributed by atoms with E-state index in [-0.39, 0.29) is 35.0 Å². The number of carbonyl (C=O) groups is 1. The number of hydrogen-bond acceptors (Lipinski definition) is 4. The number of carbonyl (C=O) groups excluding carboxylic acids is 1. The Morgan fingerprint density at radius 2 is 1.82 bits per heavy atom. The van der Waals surface area contributed by atoms with Crippen molar-refractivity contribution < 1.29 is 13.9 Å². The average molecular weight is 454 g/mol. The summed E-state index contributed by atoms with van der Waals surface area (Å²) in [5, 5.41) is 0. The first-order chi connectivity index (χ1) is 15.6. The fourth-order valence-corrected chi connectivity index (χ4v) is 3.97. The maximum absolute atomic E-state index is 15.0. The van der Waals surface area contributed by atoms with Crippen molar-refractivity contribution in [2.75, 3.05) is 7.11 Å². The molecule has 1 atom stereocenters. The molecular formula is C25H28FN3O4. The number of aromatic amines is 1. The number of amides is 1. The summed E-state index contributed by atoms with van der Waals surface area (Å²) in [5.74, 6) is -1.53. The van der Waals surface area contributed by atoms with Crippen LogP contribution in [0.1, 0.15) is 37.4 Å². The highest BCUT2D eigenvalue weighted by atomic mass is 19.1. The highest BCUT2D eigenvalue weighted by molar-refractivity contribution is 5.80. The monoisotopic (exact) mass is 453 g/mol. The molecular weight excluding hydrogens is 425 g/mol. The van der Waals surface area contributed by atoms with Gasteiger partial charge in [0.15, 0.2) is 11.6 Å². The third-order valence-electron chi connectivity index (χ3n) is 5.92. The van der Waals surface area contributed by atoms with Gasteiger partial charge in [0, 0.05) is 29.1 Å². The number of nitrogens with one attached hydrogen (secondary N) is 1. The summed E-state index contributed by atoms with van der Waals surface area (Å²) in [7, 11) is 1.34. The van der Waals surface area contributed by atoms with Gasteiger partial charge in [0.2, 0.25) is 5.91 Å². The first kappa shape index (κ1) is 24.0. The Kier molecular flexibility index (Phi) is 6.86. The molecule has 0 saturated carbocycles. The van der Waals surface area contributed by atoms with Gasteiger partial charge in [0.05, 0.1) is 12.7 Å². The molecule has 2 aromatic carbocycles. The van der Waals surface area contributed by atoms with Gasteiger partial charge in [-0.25, -0.2) is 9.18 Å². The van der Waals surface area contributed by atoms with E-state index in [9.17, 15) is 18.8 Å². The van der Waals surface area contributed by atoms with E-state index in [0.29, 0.717) is 6.42 Å². The number of halogens is 1. The standard InChI is InChI=1S/C25H28FN3O4/c1-15-20(18-11-8-12-19(33-4)21(18)26)22(30)29(24(32)28-15)14-17(13-25(2,3)23(27)31)16-9-6-5-7-10-16/h5-12,17H,13-14H2,1-4H3,(H2,27,31)(H,28,32)/t17-/m0/s1. The van der Waals surface area contributed by atoms with Crippen LogP contribution in [0.5, 0.6) is 5.75 Å². The number of ether oxygens (including phenoxy) is 1. The zero-order valence-corrected chi connectivity index (χ0v) is 19.1. The minimum atomic E-state index is -0.872. The predicted octanol–water partition coefficient (Wildman–Crippen LogP) is 3.35. The van der Waals surface area contributed by atoms with Crippen LogP contribution < -0.4 is 21.7 Å². The van der Waals surface area contributed by atoms with Crippen LogP contribution in [0.15, 0.2) is 58.1 Å². The van der Waals surface area contributed by atoms with Crippen LogP contribution in [0.3, 0.4) is 0 Å². The number of nitrogens with two attached hydrogens (primary N) is 1. The highest BCUT2D eigenvalue weighted by Crippen LogP contribution is 2.33. The van der Waals surface area contributed by atoms with E-state index in [1.54, 1.807) is 26.8 Å². The molecule has 0 spiro atoms. The number of H-pyrrole nitrogens is 1. The largest absolute Gasteiger partial charge is 0.494 e. The summed E-state index contributed by atoms with van der Waals surface area (Å²) in [4.78, 5) is 40.9. The minimum absolute atomic E-state index is 0.00517. The summed E-state index contributed by atoms with van der Waals surface area (Å²) in [6.07, 6.45) is 0.314. The summed E-state index contributed by atoms with van der Waals surface area (Å²) in [6.45, 7) is 5.00. The average Bonchev–Trinajstić information content (AvgIpc) is 2.77. The molecule has 174 valence electrons. The molecule has 3 N–H and O–H groups in total. The van der Waals surface area contributed by atoms with Gasteiger partial charge in [0.25, 0.3) is 5.56 Å². The zero-order chi connectivity index (χ0) is 24.3. The lowest BCUT2D eigenvalue weighted by molar-refractivity contribution is -0.126. The molecule has 33 heavy (non-hydrogen) atoms. The summed E-state index contributed by atoms with van der Waals surface area (Å²) in [6, 6.07) is 13.8. The maximum atomic E-state index is 15.0. The molecule has 0 radical (unpaired) electrons. The van der Waals surface area contributed by atoms with Gasteiger partial charge in [-0.05, 0) is 25.0 Å². The molecule has 8 heteroatoms. The molecule has 0 aliphatic heterocycles. The van der Waals surface area contributed by atoms with Gasteiger partial charge in [-0.1, -0.05) is 56.3 Å². The fraction of sp³-hybridized carbons (Fsp3) is 0.320. The smallest absolute Gasteiger partial charge is 0.328 e. The number of benzene rings is 2. The van der Waals surface area contributed by atoms with E-state index in [0.717, 1.165) is 10.1 Å². The lowest BCUT2D eigenvalue weighted by Gasteiger charge is -2.27. The van der Waals surface area contributed by atoms with Crippen LogP contribution in [-0.2, 0) is 11.3 Å². The minimum Gasteiger partial charge on any atom is -0.494 e. The molecule has 1 amide bonds. The first-order valence-corrected chi connectivity index (χ1v) is 10.6. The van der Waals surface area contributed by atoms with Crippen LogP contribution in [0, 0.1) is 18.2 Å². The molecule has 0 fully saturated rings. The second-order valence-electron chi connectivity index (χ2n) is 8.73. The zero-order valence-electron chi connectivity index (χ0n) is 19.1. The number of primary amides is 1. The third kappa shape index (κ3) is 4.89.